The molecule has 0 aromatic heterocycles. The molecule has 1 aromatic rings. The van der Waals surface area contributed by atoms with E-state index in [4.69, 9.17) is 9.84 Å². The van der Waals surface area contributed by atoms with Crippen LogP contribution < -0.4 is 4.74 Å². The molecule has 6 nitrogen and oxygen atoms in total. The van der Waals surface area contributed by atoms with Crippen LogP contribution in [0.25, 0.3) is 0 Å². The van der Waals surface area contributed by atoms with Gasteiger partial charge in [-0.15, -0.1) is 0 Å². The number of hydrogen-bond donors (Lipinski definition) is 1. The summed E-state index contributed by atoms with van der Waals surface area (Å²) in [6.45, 7) is 0. The van der Waals surface area contributed by atoms with E-state index in [2.05, 4.69) is 20.7 Å². The highest BCUT2D eigenvalue weighted by Crippen LogP contribution is 2.15. The molecular formula is C12H11BrO6. The molecular weight excluding hydrogens is 320 g/mol. The monoisotopic (exact) mass is 330 g/mol. The fraction of sp³-hybridized carbons (Fsp3) is 0.250. The van der Waals surface area contributed by atoms with Gasteiger partial charge in [-0.3, -0.25) is 4.79 Å². The highest BCUT2D eigenvalue weighted by atomic mass is 79.9. The van der Waals surface area contributed by atoms with Crippen LogP contribution in [-0.2, 0) is 14.3 Å². The summed E-state index contributed by atoms with van der Waals surface area (Å²) in [7, 11) is 1.07. The third-order valence-electron chi connectivity index (χ3n) is 2.19. The van der Waals surface area contributed by atoms with Gasteiger partial charge < -0.3 is 14.6 Å². The maximum absolute atomic E-state index is 11.4. The van der Waals surface area contributed by atoms with E-state index in [-0.39, 0.29) is 16.9 Å². The average Bonchev–Trinajstić information content (AvgIpc) is 2.43. The Kier molecular flexibility index (Phi) is 5.50. The minimum atomic E-state index is -1.73. The lowest BCUT2D eigenvalue weighted by atomic mass is 10.1. The number of esters is 1. The SMILES string of the molecule is COC(=O)C(Oc1ccc(C(=O)CBr)cc1)C(=O)O. The molecule has 0 aliphatic heterocycles. The Bertz CT molecular complexity index is 481. The van der Waals surface area contributed by atoms with E-state index >= 15 is 0 Å². The van der Waals surface area contributed by atoms with Crippen LogP contribution in [0, 0.1) is 0 Å². The number of carbonyl (C=O) groups is 3. The largest absolute Gasteiger partial charge is 0.478 e. The molecule has 1 N–H and O–H groups in total. The Balaban J connectivity index is 2.84. The van der Waals surface area contributed by atoms with Crippen LogP contribution in [0.5, 0.6) is 5.75 Å². The molecule has 0 saturated carbocycles. The molecule has 0 aliphatic rings. The lowest BCUT2D eigenvalue weighted by molar-refractivity contribution is -0.161. The van der Waals surface area contributed by atoms with Gasteiger partial charge in [0.15, 0.2) is 5.78 Å². The standard InChI is InChI=1S/C12H11BrO6/c1-18-12(17)10(11(15)16)19-8-4-2-7(3-5-8)9(14)6-13/h2-5,10H,6H2,1H3,(H,15,16). The number of alkyl halides is 1. The maximum Gasteiger partial charge on any atom is 0.359 e. The molecule has 7 heteroatoms. The third kappa shape index (κ3) is 4.06. The van der Waals surface area contributed by atoms with Gasteiger partial charge in [0, 0.05) is 5.56 Å². The van der Waals surface area contributed by atoms with Gasteiger partial charge in [-0.1, -0.05) is 15.9 Å². The van der Waals surface area contributed by atoms with Crippen molar-refractivity contribution in [1.82, 2.24) is 0 Å². The van der Waals surface area contributed by atoms with E-state index in [0.717, 1.165) is 7.11 Å². The Morgan fingerprint density at radius 3 is 2.26 bits per heavy atom. The smallest absolute Gasteiger partial charge is 0.359 e. The van der Waals surface area contributed by atoms with Crippen LogP contribution in [0.1, 0.15) is 10.4 Å². The lowest BCUT2D eigenvalue weighted by Gasteiger charge is -2.12. The van der Waals surface area contributed by atoms with Crippen molar-refractivity contribution in [2.24, 2.45) is 0 Å². The van der Waals surface area contributed by atoms with Crippen LogP contribution in [-0.4, -0.2) is 41.4 Å². The summed E-state index contributed by atoms with van der Waals surface area (Å²) >= 11 is 3.04. The first kappa shape index (κ1) is 15.2. The molecule has 1 aromatic carbocycles. The van der Waals surface area contributed by atoms with Gasteiger partial charge in [0.25, 0.3) is 6.10 Å². The minimum Gasteiger partial charge on any atom is -0.478 e. The molecule has 0 saturated heterocycles. The van der Waals surface area contributed by atoms with Crippen LogP contribution in [0.3, 0.4) is 0 Å². The van der Waals surface area contributed by atoms with E-state index in [0.29, 0.717) is 5.56 Å². The quantitative estimate of drug-likeness (QED) is 0.365. The van der Waals surface area contributed by atoms with E-state index < -0.39 is 18.0 Å². The van der Waals surface area contributed by atoms with Crippen molar-refractivity contribution < 1.29 is 29.0 Å². The Morgan fingerprint density at radius 2 is 1.84 bits per heavy atom. The van der Waals surface area contributed by atoms with Gasteiger partial charge in [-0.25, -0.2) is 9.59 Å². The molecule has 1 unspecified atom stereocenters. The highest BCUT2D eigenvalue weighted by Gasteiger charge is 2.29. The minimum absolute atomic E-state index is 0.116. The lowest BCUT2D eigenvalue weighted by Crippen LogP contribution is -2.36. The molecule has 19 heavy (non-hydrogen) atoms. The summed E-state index contributed by atoms with van der Waals surface area (Å²) in [5.41, 5.74) is 0.453. The first-order chi connectivity index (χ1) is 8.99. The van der Waals surface area contributed by atoms with Crippen molar-refractivity contribution in [3.8, 4) is 5.75 Å². The molecule has 0 radical (unpaired) electrons. The topological polar surface area (TPSA) is 89.9 Å². The fourth-order valence-electron chi connectivity index (χ4n) is 1.24. The molecule has 0 amide bonds. The molecule has 0 fully saturated rings. The second-order valence-electron chi connectivity index (χ2n) is 3.44. The van der Waals surface area contributed by atoms with Gasteiger partial charge in [0.1, 0.15) is 5.75 Å². The van der Waals surface area contributed by atoms with E-state index in [1.54, 1.807) is 0 Å². The first-order valence-corrected chi connectivity index (χ1v) is 6.28. The molecule has 0 aliphatic carbocycles. The zero-order valence-electron chi connectivity index (χ0n) is 9.96. The highest BCUT2D eigenvalue weighted by molar-refractivity contribution is 9.09. The number of aliphatic carboxylic acids is 1. The summed E-state index contributed by atoms with van der Waals surface area (Å²) in [6.07, 6.45) is -1.73. The molecule has 1 atom stereocenters. The normalized spacial score (nSPS) is 11.5. The third-order valence-corrected chi connectivity index (χ3v) is 2.70. The van der Waals surface area contributed by atoms with Crippen LogP contribution in [0.2, 0.25) is 0 Å². The average molecular weight is 331 g/mol. The van der Waals surface area contributed by atoms with Gasteiger partial charge in [-0.2, -0.15) is 0 Å². The summed E-state index contributed by atoms with van der Waals surface area (Å²) in [5, 5.41) is 9.02. The Labute approximate surface area is 117 Å². The van der Waals surface area contributed by atoms with Crippen molar-refractivity contribution >= 4 is 33.7 Å². The number of methoxy groups -OCH3 is 1. The van der Waals surface area contributed by atoms with Gasteiger partial charge >= 0.3 is 11.9 Å². The molecule has 102 valence electrons. The number of ketones is 1. The van der Waals surface area contributed by atoms with Crippen molar-refractivity contribution in [1.29, 1.82) is 0 Å². The summed E-state index contributed by atoms with van der Waals surface area (Å²) in [5.74, 6) is -2.42. The Morgan fingerprint density at radius 1 is 1.26 bits per heavy atom. The fourth-order valence-corrected chi connectivity index (χ4v) is 1.56. The summed E-state index contributed by atoms with van der Waals surface area (Å²) in [6, 6.07) is 5.79. The second kappa shape index (κ2) is 6.89. The summed E-state index contributed by atoms with van der Waals surface area (Å²) in [4.78, 5) is 33.4. The molecule has 0 heterocycles. The zero-order valence-corrected chi connectivity index (χ0v) is 11.5. The predicted molar refractivity (Wildman–Crippen MR) is 68.6 cm³/mol. The number of ether oxygens (including phenoxy) is 2. The van der Waals surface area contributed by atoms with Crippen LogP contribution in [0.15, 0.2) is 24.3 Å². The molecule has 0 spiro atoms. The Hall–Kier alpha value is -1.89. The van der Waals surface area contributed by atoms with Crippen LogP contribution >= 0.6 is 15.9 Å². The van der Waals surface area contributed by atoms with Crippen molar-refractivity contribution in [3.63, 3.8) is 0 Å². The zero-order chi connectivity index (χ0) is 14.4. The van der Waals surface area contributed by atoms with E-state index in [1.807, 2.05) is 0 Å². The predicted octanol–water partition coefficient (Wildman–Crippen LogP) is 1.27. The first-order valence-electron chi connectivity index (χ1n) is 5.16. The van der Waals surface area contributed by atoms with Gasteiger partial charge in [-0.05, 0) is 24.3 Å². The maximum atomic E-state index is 11.4. The van der Waals surface area contributed by atoms with Gasteiger partial charge in [0.05, 0.1) is 12.4 Å². The van der Waals surface area contributed by atoms with E-state index in [9.17, 15) is 14.4 Å². The number of benzene rings is 1. The number of halogens is 1. The van der Waals surface area contributed by atoms with Crippen LogP contribution in [0.4, 0.5) is 0 Å². The molecule has 1 rings (SSSR count). The second-order valence-corrected chi connectivity index (χ2v) is 4.00. The van der Waals surface area contributed by atoms with Gasteiger partial charge in [0.2, 0.25) is 0 Å². The number of carboxylic acids is 1. The molecule has 0 bridgehead atoms. The number of Topliss-reactive ketones (excluding diaryl/α,β-unsaturated/α-hetero) is 1. The number of carboxylic acid groups (broad SMARTS) is 1. The van der Waals surface area contributed by atoms with Crippen molar-refractivity contribution in [3.05, 3.63) is 29.8 Å². The number of carbonyl (C=O) groups excluding carboxylic acids is 2. The summed E-state index contributed by atoms with van der Waals surface area (Å²) < 4.78 is 9.32. The van der Waals surface area contributed by atoms with Crippen molar-refractivity contribution in [2.75, 3.05) is 12.4 Å². The number of hydrogen-bond acceptors (Lipinski definition) is 5. The number of rotatable bonds is 6. The van der Waals surface area contributed by atoms with Crippen molar-refractivity contribution in [2.45, 2.75) is 6.10 Å². The van der Waals surface area contributed by atoms with E-state index in [1.165, 1.54) is 24.3 Å².